The lowest BCUT2D eigenvalue weighted by atomic mass is 10.3. The molecule has 4 heteroatoms. The molecule has 0 saturated carbocycles. The Labute approximate surface area is 86.8 Å². The summed E-state index contributed by atoms with van der Waals surface area (Å²) in [5.41, 5.74) is 0. The summed E-state index contributed by atoms with van der Waals surface area (Å²) in [4.78, 5) is 11.1. The summed E-state index contributed by atoms with van der Waals surface area (Å²) in [5.74, 6) is 0. The van der Waals surface area contributed by atoms with Crippen LogP contribution in [0.3, 0.4) is 0 Å². The fourth-order valence-electron chi connectivity index (χ4n) is 1.03. The van der Waals surface area contributed by atoms with E-state index in [1.54, 1.807) is 0 Å². The van der Waals surface area contributed by atoms with Crippen molar-refractivity contribution in [2.24, 2.45) is 0 Å². The number of carbonyl (C=O) groups excluding carboxylic acids is 1. The minimum atomic E-state index is -0.0463. The number of hydrogen-bond acceptors (Lipinski definition) is 2. The molecule has 0 saturated heterocycles. The molecule has 0 spiro atoms. The van der Waals surface area contributed by atoms with Gasteiger partial charge in [0.25, 0.3) is 0 Å². The highest BCUT2D eigenvalue weighted by Crippen LogP contribution is 1.82. The topological polar surface area (TPSA) is 53.2 Å². The van der Waals surface area contributed by atoms with Crippen molar-refractivity contribution in [1.82, 2.24) is 16.0 Å². The van der Waals surface area contributed by atoms with E-state index in [4.69, 9.17) is 0 Å². The average Bonchev–Trinajstić information content (AvgIpc) is 2.18. The third-order valence-corrected chi connectivity index (χ3v) is 1.88. The van der Waals surface area contributed by atoms with Crippen LogP contribution in [0.15, 0.2) is 0 Å². The second-order valence-electron chi connectivity index (χ2n) is 3.24. The monoisotopic (exact) mass is 201 g/mol. The maximum absolute atomic E-state index is 11.1. The molecule has 0 unspecified atom stereocenters. The quantitative estimate of drug-likeness (QED) is 0.515. The summed E-state index contributed by atoms with van der Waals surface area (Å²) in [6.45, 7) is 7.65. The number of carbonyl (C=O) groups is 1. The fraction of sp³-hybridized carbons (Fsp3) is 0.900. The molecule has 2 amide bonds. The molecule has 0 aliphatic rings. The van der Waals surface area contributed by atoms with Gasteiger partial charge < -0.3 is 16.0 Å². The number of nitrogens with one attached hydrogen (secondary N) is 3. The van der Waals surface area contributed by atoms with E-state index in [0.29, 0.717) is 0 Å². The van der Waals surface area contributed by atoms with E-state index in [-0.39, 0.29) is 6.03 Å². The Morgan fingerprint density at radius 3 is 2.21 bits per heavy atom. The van der Waals surface area contributed by atoms with Crippen LogP contribution >= 0.6 is 0 Å². The summed E-state index contributed by atoms with van der Waals surface area (Å²) in [6, 6.07) is -0.0463. The van der Waals surface area contributed by atoms with Gasteiger partial charge >= 0.3 is 6.03 Å². The van der Waals surface area contributed by atoms with Crippen LogP contribution in [0.4, 0.5) is 4.79 Å². The van der Waals surface area contributed by atoms with E-state index in [1.807, 2.05) is 0 Å². The number of amides is 2. The van der Waals surface area contributed by atoms with Crippen LogP contribution in [0.1, 0.15) is 33.1 Å². The molecule has 0 aromatic rings. The first kappa shape index (κ1) is 13.2. The van der Waals surface area contributed by atoms with Crippen molar-refractivity contribution < 1.29 is 4.79 Å². The van der Waals surface area contributed by atoms with Gasteiger partial charge in [-0.1, -0.05) is 20.3 Å². The summed E-state index contributed by atoms with van der Waals surface area (Å²) in [5, 5.41) is 8.82. The Hall–Kier alpha value is -0.770. The van der Waals surface area contributed by atoms with Gasteiger partial charge in [-0.3, -0.25) is 0 Å². The summed E-state index contributed by atoms with van der Waals surface area (Å²) in [6.07, 6.45) is 3.14. The van der Waals surface area contributed by atoms with Crippen LogP contribution in [0.2, 0.25) is 0 Å². The largest absolute Gasteiger partial charge is 0.338 e. The normalized spacial score (nSPS) is 9.86. The molecule has 84 valence electrons. The first-order chi connectivity index (χ1) is 6.81. The van der Waals surface area contributed by atoms with Crippen molar-refractivity contribution in [3.05, 3.63) is 0 Å². The van der Waals surface area contributed by atoms with Crippen LogP contribution < -0.4 is 16.0 Å². The molecule has 0 aliphatic carbocycles. The van der Waals surface area contributed by atoms with E-state index in [1.165, 1.54) is 0 Å². The third kappa shape index (κ3) is 9.32. The Morgan fingerprint density at radius 1 is 1.00 bits per heavy atom. The molecular formula is C10H23N3O. The zero-order valence-corrected chi connectivity index (χ0v) is 9.36. The second-order valence-corrected chi connectivity index (χ2v) is 3.24. The van der Waals surface area contributed by atoms with Gasteiger partial charge in [0.05, 0.1) is 0 Å². The molecule has 0 rings (SSSR count). The van der Waals surface area contributed by atoms with Crippen molar-refractivity contribution in [3.8, 4) is 0 Å². The van der Waals surface area contributed by atoms with E-state index in [9.17, 15) is 4.79 Å². The lowest BCUT2D eigenvalue weighted by molar-refractivity contribution is 0.240. The van der Waals surface area contributed by atoms with Gasteiger partial charge in [0, 0.05) is 13.1 Å². The highest BCUT2D eigenvalue weighted by Gasteiger charge is 1.96. The van der Waals surface area contributed by atoms with E-state index < -0.39 is 0 Å². The zero-order valence-electron chi connectivity index (χ0n) is 9.36. The second kappa shape index (κ2) is 10.3. The molecule has 0 radical (unpaired) electrons. The smallest absolute Gasteiger partial charge is 0.314 e. The Kier molecular flexibility index (Phi) is 9.74. The Balaban J connectivity index is 3.10. The maximum Gasteiger partial charge on any atom is 0.314 e. The number of urea groups is 1. The van der Waals surface area contributed by atoms with Gasteiger partial charge in [0.2, 0.25) is 0 Å². The summed E-state index contributed by atoms with van der Waals surface area (Å²) >= 11 is 0. The zero-order chi connectivity index (χ0) is 10.6. The molecule has 0 aromatic carbocycles. The predicted molar refractivity (Wildman–Crippen MR) is 59.5 cm³/mol. The van der Waals surface area contributed by atoms with E-state index in [0.717, 1.165) is 45.4 Å². The third-order valence-electron chi connectivity index (χ3n) is 1.88. The van der Waals surface area contributed by atoms with Crippen LogP contribution in [0.25, 0.3) is 0 Å². The van der Waals surface area contributed by atoms with Crippen molar-refractivity contribution in [2.75, 3.05) is 26.2 Å². The lowest BCUT2D eigenvalue weighted by Crippen LogP contribution is -2.37. The van der Waals surface area contributed by atoms with Crippen LogP contribution in [-0.4, -0.2) is 32.2 Å². The molecule has 0 fully saturated rings. The fourth-order valence-corrected chi connectivity index (χ4v) is 1.03. The lowest BCUT2D eigenvalue weighted by Gasteiger charge is -2.06. The van der Waals surface area contributed by atoms with E-state index in [2.05, 4.69) is 29.8 Å². The predicted octanol–water partition coefficient (Wildman–Crippen LogP) is 1.09. The average molecular weight is 201 g/mol. The van der Waals surface area contributed by atoms with Crippen molar-refractivity contribution in [1.29, 1.82) is 0 Å². The van der Waals surface area contributed by atoms with Crippen LogP contribution in [0, 0.1) is 0 Å². The molecule has 0 aromatic heterocycles. The van der Waals surface area contributed by atoms with Crippen molar-refractivity contribution in [2.45, 2.75) is 33.1 Å². The highest BCUT2D eigenvalue weighted by atomic mass is 16.2. The van der Waals surface area contributed by atoms with Gasteiger partial charge in [-0.25, -0.2) is 4.79 Å². The molecule has 14 heavy (non-hydrogen) atoms. The summed E-state index contributed by atoms with van der Waals surface area (Å²) in [7, 11) is 0. The van der Waals surface area contributed by atoms with Gasteiger partial charge in [-0.2, -0.15) is 0 Å². The molecule has 0 heterocycles. The Morgan fingerprint density at radius 2 is 1.64 bits per heavy atom. The number of unbranched alkanes of at least 4 members (excludes halogenated alkanes) is 1. The molecule has 3 N–H and O–H groups in total. The highest BCUT2D eigenvalue weighted by molar-refractivity contribution is 5.73. The van der Waals surface area contributed by atoms with Gasteiger partial charge in [-0.15, -0.1) is 0 Å². The van der Waals surface area contributed by atoms with Crippen LogP contribution in [0.5, 0.6) is 0 Å². The van der Waals surface area contributed by atoms with Gasteiger partial charge in [0.15, 0.2) is 0 Å². The SMILES string of the molecule is CCCCNC(=O)NCCCNCC. The molecule has 4 nitrogen and oxygen atoms in total. The maximum atomic E-state index is 11.1. The first-order valence-electron chi connectivity index (χ1n) is 5.53. The minimum Gasteiger partial charge on any atom is -0.338 e. The summed E-state index contributed by atoms with van der Waals surface area (Å²) < 4.78 is 0. The molecule has 0 atom stereocenters. The van der Waals surface area contributed by atoms with E-state index >= 15 is 0 Å². The van der Waals surface area contributed by atoms with Crippen molar-refractivity contribution >= 4 is 6.03 Å². The number of hydrogen-bond donors (Lipinski definition) is 3. The Bertz CT molecular complexity index is 139. The molecular weight excluding hydrogens is 178 g/mol. The van der Waals surface area contributed by atoms with Gasteiger partial charge in [-0.05, 0) is 25.9 Å². The number of rotatable bonds is 8. The molecule has 0 aliphatic heterocycles. The van der Waals surface area contributed by atoms with Crippen molar-refractivity contribution in [3.63, 3.8) is 0 Å². The minimum absolute atomic E-state index is 0.0463. The first-order valence-corrected chi connectivity index (χ1v) is 5.53. The van der Waals surface area contributed by atoms with Crippen LogP contribution in [-0.2, 0) is 0 Å². The van der Waals surface area contributed by atoms with Gasteiger partial charge in [0.1, 0.15) is 0 Å². The molecule has 0 bridgehead atoms. The standard InChI is InChI=1S/C10H23N3O/c1-3-5-8-12-10(14)13-9-6-7-11-4-2/h11H,3-9H2,1-2H3,(H2,12,13,14).